The van der Waals surface area contributed by atoms with Gasteiger partial charge in [-0.3, -0.25) is 0 Å². The number of unbranched alkanes of at least 4 members (excludes halogenated alkanes) is 1. The molecule has 0 saturated carbocycles. The van der Waals surface area contributed by atoms with Crippen molar-refractivity contribution in [1.82, 2.24) is 0 Å². The van der Waals surface area contributed by atoms with E-state index in [1.165, 1.54) is 74.6 Å². The van der Waals surface area contributed by atoms with E-state index in [1.54, 1.807) is 14.2 Å². The number of rotatable bonds is 11. The molecule has 2 heterocycles. The zero-order valence-electron chi connectivity index (χ0n) is 30.6. The second kappa shape index (κ2) is 14.2. The third kappa shape index (κ3) is 6.53. The van der Waals surface area contributed by atoms with Crippen LogP contribution in [0, 0.1) is 13.8 Å². The molecule has 0 unspecified atom stereocenters. The largest absolute Gasteiger partial charge is 0.497 e. The van der Waals surface area contributed by atoms with Gasteiger partial charge in [-0.25, -0.2) is 0 Å². The summed E-state index contributed by atoms with van der Waals surface area (Å²) in [5.41, 5.74) is 14.2. The first-order valence-corrected chi connectivity index (χ1v) is 18.0. The Hall–Kier alpha value is -3.08. The minimum atomic E-state index is -0.190. The van der Waals surface area contributed by atoms with E-state index in [-0.39, 0.29) is 10.8 Å². The molecule has 4 nitrogen and oxygen atoms in total. The van der Waals surface area contributed by atoms with E-state index in [2.05, 4.69) is 113 Å². The molecule has 0 atom stereocenters. The molecule has 0 amide bonds. The number of benzene rings is 2. The lowest BCUT2D eigenvalue weighted by Crippen LogP contribution is -2.29. The number of hydrogen-bond donors (Lipinski definition) is 0. The Morgan fingerprint density at radius 3 is 2.36 bits per heavy atom. The highest BCUT2D eigenvalue weighted by molar-refractivity contribution is 6.32. The molecule has 2 aromatic carbocycles. The number of anilines is 1. The summed E-state index contributed by atoms with van der Waals surface area (Å²) in [5, 5.41) is 0.900. The van der Waals surface area contributed by atoms with Crippen LogP contribution in [0.25, 0.3) is 0 Å². The first-order valence-electron chi connectivity index (χ1n) is 17.6. The van der Waals surface area contributed by atoms with E-state index in [1.807, 2.05) is 0 Å². The molecule has 0 aromatic heterocycles. The smallest absolute Gasteiger partial charge is 0.212 e. The maximum atomic E-state index is 7.27. The molecule has 3 aliphatic rings. The van der Waals surface area contributed by atoms with E-state index in [0.717, 1.165) is 49.6 Å². The summed E-state index contributed by atoms with van der Waals surface area (Å²) in [5.74, 6) is 0.899. The zero-order valence-corrected chi connectivity index (χ0v) is 31.3. The molecule has 252 valence electrons. The fourth-order valence-corrected chi connectivity index (χ4v) is 8.23. The summed E-state index contributed by atoms with van der Waals surface area (Å²) in [7, 11) is 3.51. The molecule has 2 aliphatic heterocycles. The summed E-state index contributed by atoms with van der Waals surface area (Å²) in [6.07, 6.45) is 15.7. The number of hydrogen-bond acceptors (Lipinski definition) is 3. The van der Waals surface area contributed by atoms with Crippen LogP contribution in [0.3, 0.4) is 0 Å². The summed E-state index contributed by atoms with van der Waals surface area (Å²) < 4.78 is 13.8. The molecular weight excluding hydrogens is 600 g/mol. The Kier molecular flexibility index (Phi) is 10.6. The highest BCUT2D eigenvalue weighted by Crippen LogP contribution is 2.51. The molecule has 1 aliphatic carbocycles. The van der Waals surface area contributed by atoms with Crippen LogP contribution in [0.1, 0.15) is 101 Å². The van der Waals surface area contributed by atoms with Gasteiger partial charge in [-0.05, 0) is 112 Å². The maximum absolute atomic E-state index is 7.27. The third-order valence-electron chi connectivity index (χ3n) is 10.6. The van der Waals surface area contributed by atoms with E-state index in [4.69, 9.17) is 21.1 Å². The van der Waals surface area contributed by atoms with Crippen molar-refractivity contribution in [3.63, 3.8) is 0 Å². The molecule has 2 aromatic rings. The van der Waals surface area contributed by atoms with Gasteiger partial charge in [0.15, 0.2) is 5.71 Å². The Balaban J connectivity index is 1.53. The van der Waals surface area contributed by atoms with E-state index >= 15 is 0 Å². The second-order valence-corrected chi connectivity index (χ2v) is 14.9. The fourth-order valence-electron chi connectivity index (χ4n) is 7.91. The second-order valence-electron chi connectivity index (χ2n) is 14.6. The minimum absolute atomic E-state index is 0.0736. The average Bonchev–Trinajstić information content (AvgIpc) is 3.39. The van der Waals surface area contributed by atoms with Gasteiger partial charge in [0.1, 0.15) is 12.3 Å². The zero-order chi connectivity index (χ0) is 34.1. The quantitative estimate of drug-likeness (QED) is 0.225. The third-order valence-corrected chi connectivity index (χ3v) is 11.1. The van der Waals surface area contributed by atoms with Crippen molar-refractivity contribution in [1.29, 1.82) is 0 Å². The van der Waals surface area contributed by atoms with Crippen molar-refractivity contribution in [2.45, 2.75) is 105 Å². The van der Waals surface area contributed by atoms with Crippen LogP contribution in [0.4, 0.5) is 11.4 Å². The van der Waals surface area contributed by atoms with Gasteiger partial charge in [-0.2, -0.15) is 4.58 Å². The van der Waals surface area contributed by atoms with Crippen molar-refractivity contribution in [2.24, 2.45) is 0 Å². The van der Waals surface area contributed by atoms with Gasteiger partial charge in [0, 0.05) is 59.1 Å². The van der Waals surface area contributed by atoms with Gasteiger partial charge in [0.25, 0.3) is 0 Å². The highest BCUT2D eigenvalue weighted by atomic mass is 35.5. The number of halogens is 1. The number of ether oxygens (including phenoxy) is 2. The summed E-state index contributed by atoms with van der Waals surface area (Å²) >= 11 is 7.27. The number of allylic oxidation sites excluding steroid dienone is 8. The molecular formula is C42H56ClN2O2+. The standard InChI is InChI=1S/C42H56ClN2O2/c1-11-13-21-44-36(41(5,6)34-26-30(12-2)24-28(3)39(34)44)19-17-31-15-14-16-32(38(31)43)18-20-37-42(7,8)35-27-33(47-10)25-29(4)40(35)45(37)22-23-46-9/h17-20,24-27H,11-16,21-23H2,1-10H3/q+1. The van der Waals surface area contributed by atoms with E-state index < -0.39 is 0 Å². The predicted octanol–water partition coefficient (Wildman–Crippen LogP) is 10.5. The topological polar surface area (TPSA) is 24.7 Å². The van der Waals surface area contributed by atoms with Gasteiger partial charge in [-0.15, -0.1) is 0 Å². The lowest BCUT2D eigenvalue weighted by molar-refractivity contribution is -0.438. The Morgan fingerprint density at radius 1 is 0.915 bits per heavy atom. The van der Waals surface area contributed by atoms with Crippen LogP contribution in [-0.2, 0) is 22.0 Å². The SMILES string of the molecule is CCCC[N+]1=C(C=CC2=C(Cl)C(=CC=C3N(CCOC)c4c(C)cc(OC)cc4C3(C)C)CCC2)C(C)(C)c2cc(CC)cc(C)c21. The first-order chi connectivity index (χ1) is 22.4. The lowest BCUT2D eigenvalue weighted by Gasteiger charge is -2.27. The van der Waals surface area contributed by atoms with E-state index in [9.17, 15) is 0 Å². The van der Waals surface area contributed by atoms with Crippen LogP contribution < -0.4 is 9.64 Å². The van der Waals surface area contributed by atoms with Crippen LogP contribution in [-0.4, -0.2) is 44.2 Å². The van der Waals surface area contributed by atoms with Crippen molar-refractivity contribution in [3.8, 4) is 5.75 Å². The Labute approximate surface area is 289 Å². The number of methoxy groups -OCH3 is 2. The number of aryl methyl sites for hydroxylation is 3. The van der Waals surface area contributed by atoms with Gasteiger partial charge in [0.05, 0.1) is 19.1 Å². The van der Waals surface area contributed by atoms with Gasteiger partial charge >= 0.3 is 0 Å². The van der Waals surface area contributed by atoms with Crippen molar-refractivity contribution < 1.29 is 14.0 Å². The summed E-state index contributed by atoms with van der Waals surface area (Å²) in [4.78, 5) is 2.43. The monoisotopic (exact) mass is 655 g/mol. The summed E-state index contributed by atoms with van der Waals surface area (Å²) in [6, 6.07) is 9.15. The normalized spacial score (nSPS) is 20.3. The molecule has 0 bridgehead atoms. The molecule has 0 N–H and O–H groups in total. The molecule has 0 saturated heterocycles. The minimum Gasteiger partial charge on any atom is -0.497 e. The fraction of sp³-hybridized carbons (Fsp3) is 0.500. The molecule has 0 fully saturated rings. The Morgan fingerprint density at radius 2 is 1.68 bits per heavy atom. The number of nitrogens with zero attached hydrogens (tertiary/aromatic N) is 2. The maximum Gasteiger partial charge on any atom is 0.212 e. The van der Waals surface area contributed by atoms with Crippen LogP contribution in [0.5, 0.6) is 5.75 Å². The van der Waals surface area contributed by atoms with E-state index in [0.29, 0.717) is 6.61 Å². The summed E-state index contributed by atoms with van der Waals surface area (Å²) in [6.45, 7) is 20.9. The molecule has 0 spiro atoms. The average molecular weight is 656 g/mol. The molecule has 0 radical (unpaired) electrons. The van der Waals surface area contributed by atoms with Crippen LogP contribution in [0.2, 0.25) is 0 Å². The lowest BCUT2D eigenvalue weighted by atomic mass is 9.79. The predicted molar refractivity (Wildman–Crippen MR) is 200 cm³/mol. The van der Waals surface area contributed by atoms with Crippen molar-refractivity contribution >= 4 is 28.7 Å². The van der Waals surface area contributed by atoms with Gasteiger partial charge in [-0.1, -0.05) is 57.9 Å². The van der Waals surface area contributed by atoms with Crippen LogP contribution in [0.15, 0.2) is 70.4 Å². The van der Waals surface area contributed by atoms with Gasteiger partial charge in [0.2, 0.25) is 5.69 Å². The van der Waals surface area contributed by atoms with Gasteiger partial charge < -0.3 is 14.4 Å². The molecule has 5 rings (SSSR count). The Bertz CT molecular complexity index is 1680. The van der Waals surface area contributed by atoms with Crippen LogP contribution >= 0.6 is 11.6 Å². The van der Waals surface area contributed by atoms with Crippen molar-refractivity contribution in [3.05, 3.63) is 98.3 Å². The first kappa shape index (κ1) is 35.2. The molecule has 47 heavy (non-hydrogen) atoms. The highest BCUT2D eigenvalue weighted by Gasteiger charge is 2.45. The van der Waals surface area contributed by atoms with Crippen molar-refractivity contribution in [2.75, 3.05) is 38.8 Å². The molecule has 5 heteroatoms. The number of fused-ring (bicyclic) bond motifs is 2.